The van der Waals surface area contributed by atoms with E-state index in [4.69, 9.17) is 0 Å². The third kappa shape index (κ3) is 3.59. The van der Waals surface area contributed by atoms with Crippen molar-refractivity contribution in [2.75, 3.05) is 13.1 Å². The van der Waals surface area contributed by atoms with E-state index in [0.29, 0.717) is 6.54 Å². The van der Waals surface area contributed by atoms with Crippen LogP contribution < -0.4 is 10.9 Å². The van der Waals surface area contributed by atoms with Crippen LogP contribution in [0.3, 0.4) is 0 Å². The lowest BCUT2D eigenvalue weighted by molar-refractivity contribution is 0.0690. The lowest BCUT2D eigenvalue weighted by atomic mass is 9.93. The van der Waals surface area contributed by atoms with Crippen molar-refractivity contribution in [1.82, 2.24) is 15.2 Å². The summed E-state index contributed by atoms with van der Waals surface area (Å²) >= 11 is 1.64. The van der Waals surface area contributed by atoms with Crippen LogP contribution >= 0.6 is 23.7 Å². The Bertz CT molecular complexity index is 828. The second kappa shape index (κ2) is 7.55. The first-order valence-corrected chi connectivity index (χ1v) is 9.76. The molecule has 2 aliphatic rings. The SMILES string of the molecule is Cc1ccc(C(=O)N(Cc2ccsc2)C2CC23CCNCC3)c(=O)[nH]1.Cl. The van der Waals surface area contributed by atoms with Gasteiger partial charge in [0.1, 0.15) is 5.56 Å². The number of aromatic amines is 1. The first-order chi connectivity index (χ1) is 12.1. The Morgan fingerprint density at radius 1 is 1.31 bits per heavy atom. The van der Waals surface area contributed by atoms with Crippen molar-refractivity contribution in [2.24, 2.45) is 5.41 Å². The molecule has 1 aliphatic heterocycles. The van der Waals surface area contributed by atoms with Crippen molar-refractivity contribution in [3.8, 4) is 0 Å². The molecule has 1 saturated carbocycles. The van der Waals surface area contributed by atoms with Gasteiger partial charge in [-0.2, -0.15) is 11.3 Å². The molecule has 5 nitrogen and oxygen atoms in total. The number of hydrogen-bond acceptors (Lipinski definition) is 4. The first kappa shape index (κ1) is 19.1. The smallest absolute Gasteiger partial charge is 0.260 e. The predicted molar refractivity (Wildman–Crippen MR) is 106 cm³/mol. The Kier molecular flexibility index (Phi) is 5.55. The molecular formula is C19H24ClN3O2S. The number of rotatable bonds is 4. The maximum Gasteiger partial charge on any atom is 0.260 e. The van der Waals surface area contributed by atoms with Gasteiger partial charge in [0.05, 0.1) is 0 Å². The molecule has 2 aromatic rings. The van der Waals surface area contributed by atoms with Crippen LogP contribution in [0.25, 0.3) is 0 Å². The van der Waals surface area contributed by atoms with Crippen LogP contribution in [0.15, 0.2) is 33.8 Å². The Morgan fingerprint density at radius 3 is 2.73 bits per heavy atom. The fraction of sp³-hybridized carbons (Fsp3) is 0.474. The van der Waals surface area contributed by atoms with Crippen LogP contribution in [-0.4, -0.2) is 34.9 Å². The third-order valence-corrected chi connectivity index (χ3v) is 6.33. The third-order valence-electron chi connectivity index (χ3n) is 5.60. The highest BCUT2D eigenvalue weighted by molar-refractivity contribution is 7.07. The molecule has 4 rings (SSSR count). The normalized spacial score (nSPS) is 20.4. The highest BCUT2D eigenvalue weighted by atomic mass is 35.5. The summed E-state index contributed by atoms with van der Waals surface area (Å²) in [6, 6.07) is 5.75. The van der Waals surface area contributed by atoms with Crippen molar-refractivity contribution in [3.63, 3.8) is 0 Å². The first-order valence-electron chi connectivity index (χ1n) is 8.82. The standard InChI is InChI=1S/C19H23N3O2S.ClH/c1-13-2-3-15(17(23)21-13)18(24)22(11-14-4-9-25-12-14)16-10-19(16)5-7-20-8-6-19;/h2-4,9,12,16,20H,5-8,10-11H2,1H3,(H,21,23);1H. The number of amides is 1. The van der Waals surface area contributed by atoms with E-state index in [1.807, 2.05) is 17.2 Å². The Labute approximate surface area is 163 Å². The quantitative estimate of drug-likeness (QED) is 0.839. The second-order valence-electron chi connectivity index (χ2n) is 7.28. The summed E-state index contributed by atoms with van der Waals surface area (Å²) < 4.78 is 0. The molecule has 2 fully saturated rings. The van der Waals surface area contributed by atoms with Gasteiger partial charge in [0.2, 0.25) is 0 Å². The Morgan fingerprint density at radius 2 is 2.08 bits per heavy atom. The van der Waals surface area contributed by atoms with E-state index >= 15 is 0 Å². The van der Waals surface area contributed by atoms with Crippen molar-refractivity contribution in [1.29, 1.82) is 0 Å². The molecule has 1 amide bonds. The van der Waals surface area contributed by atoms with Crippen LogP contribution in [0.5, 0.6) is 0 Å². The van der Waals surface area contributed by atoms with Crippen molar-refractivity contribution in [3.05, 3.63) is 56.1 Å². The molecule has 1 aliphatic carbocycles. The van der Waals surface area contributed by atoms with Crippen LogP contribution in [0.1, 0.15) is 40.9 Å². The van der Waals surface area contributed by atoms with E-state index in [1.165, 1.54) is 0 Å². The number of H-pyrrole nitrogens is 1. The number of pyridine rings is 1. The predicted octanol–water partition coefficient (Wildman–Crippen LogP) is 2.95. The Hall–Kier alpha value is -1.63. The van der Waals surface area contributed by atoms with Gasteiger partial charge in [-0.3, -0.25) is 9.59 Å². The summed E-state index contributed by atoms with van der Waals surface area (Å²) in [7, 11) is 0. The molecule has 2 aromatic heterocycles. The fourth-order valence-corrected chi connectivity index (χ4v) is 4.69. The molecule has 0 aromatic carbocycles. The van der Waals surface area contributed by atoms with Gasteiger partial charge in [0, 0.05) is 18.3 Å². The van der Waals surface area contributed by atoms with E-state index < -0.39 is 0 Å². The number of piperidine rings is 1. The molecule has 7 heteroatoms. The monoisotopic (exact) mass is 393 g/mol. The van der Waals surface area contributed by atoms with Crippen LogP contribution in [-0.2, 0) is 6.54 Å². The van der Waals surface area contributed by atoms with Gasteiger partial charge in [-0.25, -0.2) is 0 Å². The molecule has 140 valence electrons. The highest BCUT2D eigenvalue weighted by Gasteiger charge is 2.57. The zero-order chi connectivity index (χ0) is 17.4. The van der Waals surface area contributed by atoms with Gasteiger partial charge >= 0.3 is 0 Å². The van der Waals surface area contributed by atoms with Crippen molar-refractivity contribution in [2.45, 2.75) is 38.8 Å². The van der Waals surface area contributed by atoms with Gasteiger partial charge < -0.3 is 15.2 Å². The summed E-state index contributed by atoms with van der Waals surface area (Å²) in [6.07, 6.45) is 3.26. The molecule has 1 saturated heterocycles. The van der Waals surface area contributed by atoms with Gasteiger partial charge in [-0.1, -0.05) is 0 Å². The van der Waals surface area contributed by atoms with E-state index in [1.54, 1.807) is 23.5 Å². The lowest BCUT2D eigenvalue weighted by Crippen LogP contribution is -2.40. The minimum absolute atomic E-state index is 0. The molecular weight excluding hydrogens is 370 g/mol. The number of carbonyl (C=O) groups excluding carboxylic acids is 1. The van der Waals surface area contributed by atoms with Gasteiger partial charge in [0.25, 0.3) is 11.5 Å². The van der Waals surface area contributed by atoms with Gasteiger partial charge in [-0.15, -0.1) is 12.4 Å². The molecule has 3 heterocycles. The van der Waals surface area contributed by atoms with E-state index in [-0.39, 0.29) is 40.9 Å². The summed E-state index contributed by atoms with van der Waals surface area (Å²) in [5, 5.41) is 7.52. The summed E-state index contributed by atoms with van der Waals surface area (Å²) in [6.45, 7) is 4.43. The van der Waals surface area contributed by atoms with E-state index in [9.17, 15) is 9.59 Å². The van der Waals surface area contributed by atoms with E-state index in [0.717, 1.165) is 43.6 Å². The number of aromatic nitrogens is 1. The average Bonchev–Trinajstić information content (AvgIpc) is 3.04. The minimum Gasteiger partial charge on any atom is -0.331 e. The highest BCUT2D eigenvalue weighted by Crippen LogP contribution is 2.56. The number of halogens is 1. The molecule has 26 heavy (non-hydrogen) atoms. The number of nitrogens with one attached hydrogen (secondary N) is 2. The number of nitrogens with zero attached hydrogens (tertiary/aromatic N) is 1. The zero-order valence-corrected chi connectivity index (χ0v) is 16.4. The van der Waals surface area contributed by atoms with Crippen molar-refractivity contribution < 1.29 is 4.79 Å². The number of thiophene rings is 1. The van der Waals surface area contributed by atoms with Gasteiger partial charge in [0.15, 0.2) is 0 Å². The lowest BCUT2D eigenvalue weighted by Gasteiger charge is -2.29. The zero-order valence-electron chi connectivity index (χ0n) is 14.8. The molecule has 1 spiro atoms. The number of hydrogen-bond donors (Lipinski definition) is 2. The van der Waals surface area contributed by atoms with Crippen LogP contribution in [0, 0.1) is 12.3 Å². The number of aryl methyl sites for hydroxylation is 1. The van der Waals surface area contributed by atoms with Crippen LogP contribution in [0.2, 0.25) is 0 Å². The average molecular weight is 394 g/mol. The molecule has 0 radical (unpaired) electrons. The largest absolute Gasteiger partial charge is 0.331 e. The maximum atomic E-state index is 13.2. The minimum atomic E-state index is -0.291. The molecule has 0 bridgehead atoms. The van der Waals surface area contributed by atoms with Gasteiger partial charge in [-0.05, 0) is 79.2 Å². The number of carbonyl (C=O) groups is 1. The summed E-state index contributed by atoms with van der Waals surface area (Å²) in [5.41, 5.74) is 2.11. The molecule has 2 N–H and O–H groups in total. The van der Waals surface area contributed by atoms with Crippen molar-refractivity contribution >= 4 is 29.7 Å². The molecule has 1 unspecified atom stereocenters. The second-order valence-corrected chi connectivity index (χ2v) is 8.06. The summed E-state index contributed by atoms with van der Waals surface area (Å²) in [4.78, 5) is 30.2. The fourth-order valence-electron chi connectivity index (χ4n) is 4.03. The Balaban J connectivity index is 0.00000196. The topological polar surface area (TPSA) is 65.2 Å². The van der Waals surface area contributed by atoms with E-state index in [2.05, 4.69) is 21.7 Å². The summed E-state index contributed by atoms with van der Waals surface area (Å²) in [5.74, 6) is -0.146. The van der Waals surface area contributed by atoms with Crippen LogP contribution in [0.4, 0.5) is 0 Å². The molecule has 1 atom stereocenters. The maximum absolute atomic E-state index is 13.2.